The van der Waals surface area contributed by atoms with Crippen molar-refractivity contribution < 1.29 is 33.4 Å². The van der Waals surface area contributed by atoms with Crippen LogP contribution in [-0.2, 0) is 12.8 Å². The largest absolute Gasteiger partial charge is 0.388 e. The number of amides is 4. The van der Waals surface area contributed by atoms with E-state index in [2.05, 4.69) is 10.6 Å². The molecule has 4 aromatic rings. The lowest BCUT2D eigenvalue weighted by Gasteiger charge is -2.36. The quantitative estimate of drug-likeness (QED) is 0.0913. The van der Waals surface area contributed by atoms with Crippen molar-refractivity contribution in [2.24, 2.45) is 0 Å². The van der Waals surface area contributed by atoms with Crippen molar-refractivity contribution in [2.45, 2.75) is 75.7 Å². The highest BCUT2D eigenvalue weighted by Gasteiger charge is 2.45. The minimum Gasteiger partial charge on any atom is -0.388 e. The Hall–Kier alpha value is -5.13. The predicted octanol–water partition coefficient (Wildman–Crippen LogP) is 6.15. The Bertz CT molecular complexity index is 1670. The maximum absolute atomic E-state index is 14.7. The minimum absolute atomic E-state index is 0.250. The molecule has 1 aliphatic heterocycles. The van der Waals surface area contributed by atoms with Gasteiger partial charge in [-0.1, -0.05) is 72.8 Å². The number of nitrogens with zero attached hydrogens (tertiary/aromatic N) is 2. The van der Waals surface area contributed by atoms with E-state index in [1.54, 1.807) is 21.9 Å². The lowest BCUT2D eigenvalue weighted by atomic mass is 9.91. The molecular formula is C43H50F2N4O5. The highest BCUT2D eigenvalue weighted by atomic mass is 19.1. The number of rotatable bonds is 18. The Morgan fingerprint density at radius 3 is 1.35 bits per heavy atom. The molecule has 0 radical (unpaired) electrons. The maximum Gasteiger partial charge on any atom is 0.320 e. The monoisotopic (exact) mass is 740 g/mol. The molecule has 0 aliphatic carbocycles. The zero-order valence-electron chi connectivity index (χ0n) is 30.5. The second-order valence-electron chi connectivity index (χ2n) is 13.8. The second kappa shape index (κ2) is 20.4. The summed E-state index contributed by atoms with van der Waals surface area (Å²) in [5.41, 5.74) is 2.36. The normalized spacial score (nSPS) is 18.6. The van der Waals surface area contributed by atoms with Gasteiger partial charge in [0.15, 0.2) is 0 Å². The van der Waals surface area contributed by atoms with Crippen LogP contribution in [0, 0.1) is 11.6 Å². The topological polar surface area (TPSA) is 122 Å². The molecule has 1 aliphatic rings. The van der Waals surface area contributed by atoms with E-state index in [9.17, 15) is 33.4 Å². The molecule has 4 amide bonds. The van der Waals surface area contributed by atoms with Crippen LogP contribution in [0.15, 0.2) is 109 Å². The molecule has 0 saturated carbocycles. The van der Waals surface area contributed by atoms with Crippen molar-refractivity contribution in [3.05, 3.63) is 143 Å². The third kappa shape index (κ3) is 11.4. The van der Waals surface area contributed by atoms with E-state index in [0.717, 1.165) is 11.1 Å². The zero-order valence-corrected chi connectivity index (χ0v) is 30.5. The first kappa shape index (κ1) is 40.1. The molecular weight excluding hydrogens is 690 g/mol. The van der Waals surface area contributed by atoms with Crippen LogP contribution in [0.4, 0.5) is 13.6 Å². The number of carbonyl (C=O) groups is 3. The van der Waals surface area contributed by atoms with Gasteiger partial charge >= 0.3 is 6.03 Å². The van der Waals surface area contributed by atoms with Crippen molar-refractivity contribution in [1.29, 1.82) is 0 Å². The first-order valence-corrected chi connectivity index (χ1v) is 18.8. The number of halogens is 2. The van der Waals surface area contributed by atoms with Crippen LogP contribution < -0.4 is 10.6 Å². The standard InChI is InChI=1S/C43H50F2N4O5/c44-35-21-13-19-33(29-35)41(52)46-23-9-3-11-25-48-37(27-31-15-5-1-6-16-31)39(50)40(51)38(28-32-17-7-2-8-18-32)49(43(48)54)26-12-4-10-24-47-42(53)34-20-14-22-36(45)30-34/h1-2,5-8,13-22,29-30,37-40,50-51H,3-4,9-12,23-28H2,(H,46,52)(H,47,53)/t37-,38-,39+,40+/m1/s1. The average Bonchev–Trinajstić information content (AvgIpc) is 3.24. The highest BCUT2D eigenvalue weighted by molar-refractivity contribution is 5.94. The number of aliphatic hydroxyl groups is 2. The zero-order chi connectivity index (χ0) is 38.3. The van der Waals surface area contributed by atoms with Crippen LogP contribution >= 0.6 is 0 Å². The third-order valence-corrected chi connectivity index (χ3v) is 9.90. The molecule has 0 aromatic heterocycles. The fourth-order valence-electron chi connectivity index (χ4n) is 7.00. The Labute approximate surface area is 316 Å². The maximum atomic E-state index is 14.7. The highest BCUT2D eigenvalue weighted by Crippen LogP contribution is 2.28. The summed E-state index contributed by atoms with van der Waals surface area (Å²) >= 11 is 0. The van der Waals surface area contributed by atoms with Gasteiger partial charge in [0, 0.05) is 37.3 Å². The molecule has 0 spiro atoms. The lowest BCUT2D eigenvalue weighted by molar-refractivity contribution is -0.0396. The molecule has 4 atom stereocenters. The van der Waals surface area contributed by atoms with Gasteiger partial charge in [0.05, 0.1) is 12.1 Å². The number of hydrogen-bond acceptors (Lipinski definition) is 5. The Morgan fingerprint density at radius 2 is 0.963 bits per heavy atom. The molecule has 0 unspecified atom stereocenters. The number of aliphatic hydroxyl groups excluding tert-OH is 2. The van der Waals surface area contributed by atoms with Gasteiger partial charge in [-0.3, -0.25) is 9.59 Å². The molecule has 1 saturated heterocycles. The van der Waals surface area contributed by atoms with Gasteiger partial charge < -0.3 is 30.6 Å². The summed E-state index contributed by atoms with van der Waals surface area (Å²) in [7, 11) is 0. The first-order valence-electron chi connectivity index (χ1n) is 18.8. The lowest BCUT2D eigenvalue weighted by Crippen LogP contribution is -2.51. The smallest absolute Gasteiger partial charge is 0.320 e. The van der Waals surface area contributed by atoms with Gasteiger partial charge in [0.1, 0.15) is 23.8 Å². The fourth-order valence-corrected chi connectivity index (χ4v) is 7.00. The third-order valence-electron chi connectivity index (χ3n) is 9.90. The fraction of sp³-hybridized carbons (Fsp3) is 0.372. The van der Waals surface area contributed by atoms with Crippen LogP contribution in [0.2, 0.25) is 0 Å². The second-order valence-corrected chi connectivity index (χ2v) is 13.8. The van der Waals surface area contributed by atoms with E-state index in [0.29, 0.717) is 77.5 Å². The summed E-state index contributed by atoms with van der Waals surface area (Å²) in [6.07, 6.45) is 2.07. The number of hydrogen-bond donors (Lipinski definition) is 4. The molecule has 54 heavy (non-hydrogen) atoms. The van der Waals surface area contributed by atoms with Gasteiger partial charge in [-0.05, 0) is 98.9 Å². The summed E-state index contributed by atoms with van der Waals surface area (Å²) < 4.78 is 27.1. The van der Waals surface area contributed by atoms with Crippen LogP contribution in [0.1, 0.15) is 70.4 Å². The summed E-state index contributed by atoms with van der Waals surface area (Å²) in [6.45, 7) is 1.43. The van der Waals surface area contributed by atoms with E-state index >= 15 is 0 Å². The van der Waals surface area contributed by atoms with E-state index < -0.39 is 35.9 Å². The van der Waals surface area contributed by atoms with E-state index in [4.69, 9.17) is 0 Å². The number of urea groups is 1. The molecule has 0 bridgehead atoms. The molecule has 4 aromatic carbocycles. The van der Waals surface area contributed by atoms with Crippen molar-refractivity contribution in [2.75, 3.05) is 26.2 Å². The molecule has 1 heterocycles. The molecule has 1 fully saturated rings. The number of nitrogens with one attached hydrogen (secondary N) is 2. The van der Waals surface area contributed by atoms with E-state index in [-0.39, 0.29) is 29.0 Å². The van der Waals surface area contributed by atoms with Crippen molar-refractivity contribution >= 4 is 17.8 Å². The molecule has 286 valence electrons. The molecule has 11 heteroatoms. The number of unbranched alkanes of at least 4 members (excludes halogenated alkanes) is 4. The Morgan fingerprint density at radius 1 is 0.556 bits per heavy atom. The average molecular weight is 741 g/mol. The summed E-state index contributed by atoms with van der Waals surface area (Å²) in [5, 5.41) is 29.4. The van der Waals surface area contributed by atoms with Crippen molar-refractivity contribution in [3.63, 3.8) is 0 Å². The van der Waals surface area contributed by atoms with Crippen LogP contribution in [0.3, 0.4) is 0 Å². The molecule has 4 N–H and O–H groups in total. The Balaban J connectivity index is 1.26. The number of carbonyl (C=O) groups excluding carboxylic acids is 3. The van der Waals surface area contributed by atoms with Gasteiger partial charge in [-0.15, -0.1) is 0 Å². The molecule has 9 nitrogen and oxygen atoms in total. The van der Waals surface area contributed by atoms with Gasteiger partial charge in [0.2, 0.25) is 0 Å². The van der Waals surface area contributed by atoms with Crippen LogP contribution in [0.5, 0.6) is 0 Å². The summed E-state index contributed by atoms with van der Waals surface area (Å²) in [5.74, 6) is -1.67. The van der Waals surface area contributed by atoms with Crippen LogP contribution in [0.25, 0.3) is 0 Å². The van der Waals surface area contributed by atoms with Crippen molar-refractivity contribution in [3.8, 4) is 0 Å². The van der Waals surface area contributed by atoms with Gasteiger partial charge in [-0.25, -0.2) is 13.6 Å². The SMILES string of the molecule is O=C(NCCCCCN1C(=O)N(CCCCCNC(=O)c2cccc(F)c2)[C@H](Cc2ccccc2)[C@H](O)[C@@H](O)[C@H]1Cc1ccccc1)c1cccc(F)c1. The molecule has 5 rings (SSSR count). The van der Waals surface area contributed by atoms with E-state index in [1.165, 1.54) is 36.4 Å². The first-order chi connectivity index (χ1) is 26.2. The van der Waals surface area contributed by atoms with Crippen LogP contribution in [-0.4, -0.2) is 88.3 Å². The summed E-state index contributed by atoms with van der Waals surface area (Å²) in [4.78, 5) is 43.0. The van der Waals surface area contributed by atoms with Gasteiger partial charge in [-0.2, -0.15) is 0 Å². The van der Waals surface area contributed by atoms with Crippen molar-refractivity contribution in [1.82, 2.24) is 20.4 Å². The Kier molecular flexibility index (Phi) is 15.1. The van der Waals surface area contributed by atoms with Gasteiger partial charge in [0.25, 0.3) is 11.8 Å². The summed E-state index contributed by atoms with van der Waals surface area (Å²) in [6, 6.07) is 28.6. The number of benzene rings is 4. The minimum atomic E-state index is -1.23. The van der Waals surface area contributed by atoms with E-state index in [1.807, 2.05) is 60.7 Å². The predicted molar refractivity (Wildman–Crippen MR) is 204 cm³/mol.